The van der Waals surface area contributed by atoms with Gasteiger partial charge in [-0.1, -0.05) is 12.1 Å². The lowest BCUT2D eigenvalue weighted by Gasteiger charge is -2.48. The zero-order chi connectivity index (χ0) is 32.0. The maximum atomic E-state index is 15.1. The van der Waals surface area contributed by atoms with Gasteiger partial charge in [0.2, 0.25) is 0 Å². The van der Waals surface area contributed by atoms with Gasteiger partial charge in [0.1, 0.15) is 23.8 Å². The summed E-state index contributed by atoms with van der Waals surface area (Å²) in [4.78, 5) is 18.4. The number of nitrogens with zero attached hydrogens (tertiary/aromatic N) is 4. The summed E-state index contributed by atoms with van der Waals surface area (Å²) in [6.45, 7) is 2.00. The molecule has 0 unspecified atom stereocenters. The van der Waals surface area contributed by atoms with E-state index in [1.807, 2.05) is 23.7 Å². The molecule has 9 nitrogen and oxygen atoms in total. The minimum absolute atomic E-state index is 0.138. The standard InChI is InChI=1S/C27H30F5N5O2S.CH2O2/c1-18-5-6-19(13-21(18)27(30,31)32)7-10-26(36(2)3)9-4-12-37(16-26)20-14-22(28)25(23(29)15-20)40(38,39)35-24-8-11-33-17-34-24;2-1-3/h5-6,8,11,13-15,17H,4,7,9-10,12,16H2,1-3H3,(H,33,34,35);1H,(H,2,3)/t26-;/m1./s1. The summed E-state index contributed by atoms with van der Waals surface area (Å²) in [6.07, 6.45) is 0.213. The van der Waals surface area contributed by atoms with Gasteiger partial charge in [-0.15, -0.1) is 0 Å². The Hall–Kier alpha value is -3.85. The minimum Gasteiger partial charge on any atom is -0.483 e. The quantitative estimate of drug-likeness (QED) is 0.261. The van der Waals surface area contributed by atoms with Crippen LogP contribution < -0.4 is 9.62 Å². The zero-order valence-corrected chi connectivity index (χ0v) is 24.5. The third-order valence-corrected chi connectivity index (χ3v) is 8.83. The minimum atomic E-state index is -4.61. The number of benzene rings is 2. The second-order valence-electron chi connectivity index (χ2n) is 10.3. The highest BCUT2D eigenvalue weighted by molar-refractivity contribution is 7.92. The van der Waals surface area contributed by atoms with Gasteiger partial charge >= 0.3 is 6.18 Å². The number of aryl methyl sites for hydroxylation is 2. The highest BCUT2D eigenvalue weighted by Gasteiger charge is 2.38. The Morgan fingerprint density at radius 3 is 2.35 bits per heavy atom. The number of hydrogen-bond donors (Lipinski definition) is 2. The van der Waals surface area contributed by atoms with Gasteiger partial charge in [-0.2, -0.15) is 13.2 Å². The van der Waals surface area contributed by atoms with Gasteiger partial charge in [0, 0.05) is 30.5 Å². The first-order valence-electron chi connectivity index (χ1n) is 13.1. The van der Waals surface area contributed by atoms with Gasteiger partial charge in [0.25, 0.3) is 16.5 Å². The fourth-order valence-electron chi connectivity index (χ4n) is 5.16. The number of likely N-dealkylation sites (N-methyl/N-ethyl adjacent to an activating group) is 1. The van der Waals surface area contributed by atoms with E-state index >= 15 is 8.78 Å². The number of alkyl halides is 3. The molecule has 0 spiro atoms. The highest BCUT2D eigenvalue weighted by Crippen LogP contribution is 2.36. The molecule has 0 saturated carbocycles. The van der Waals surface area contributed by atoms with Crippen LogP contribution in [-0.2, 0) is 27.4 Å². The molecule has 1 atom stereocenters. The van der Waals surface area contributed by atoms with Crippen molar-refractivity contribution >= 4 is 28.0 Å². The summed E-state index contributed by atoms with van der Waals surface area (Å²) in [5, 5.41) is 6.89. The van der Waals surface area contributed by atoms with Gasteiger partial charge < -0.3 is 14.9 Å². The summed E-state index contributed by atoms with van der Waals surface area (Å²) < 4.78 is 98.0. The number of aromatic nitrogens is 2. The predicted octanol–water partition coefficient (Wildman–Crippen LogP) is 5.12. The molecule has 2 N–H and O–H groups in total. The number of anilines is 2. The third-order valence-electron chi connectivity index (χ3n) is 7.43. The van der Waals surface area contributed by atoms with Crippen molar-refractivity contribution < 1.29 is 40.3 Å². The molecule has 1 aliphatic rings. The molecule has 2 heterocycles. The number of rotatable bonds is 8. The Labute approximate surface area is 246 Å². The predicted molar refractivity (Wildman–Crippen MR) is 150 cm³/mol. The van der Waals surface area contributed by atoms with E-state index in [2.05, 4.69) is 9.97 Å². The van der Waals surface area contributed by atoms with E-state index in [0.29, 0.717) is 37.9 Å². The lowest BCUT2D eigenvalue weighted by molar-refractivity contribution is -0.138. The molecule has 1 aromatic heterocycles. The number of carbonyl (C=O) groups is 1. The van der Waals surface area contributed by atoms with Crippen molar-refractivity contribution in [2.75, 3.05) is 36.8 Å². The molecule has 1 saturated heterocycles. The molecule has 15 heteroatoms. The molecule has 234 valence electrons. The molecule has 2 aromatic carbocycles. The average Bonchev–Trinajstić information content (AvgIpc) is 2.92. The smallest absolute Gasteiger partial charge is 0.416 e. The number of nitrogens with one attached hydrogen (secondary N) is 1. The van der Waals surface area contributed by atoms with Gasteiger partial charge in [0.05, 0.1) is 5.56 Å². The van der Waals surface area contributed by atoms with Crippen LogP contribution >= 0.6 is 0 Å². The SMILES string of the molecule is Cc1ccc(CC[C@]2(N(C)C)CCCN(c3cc(F)c(S(=O)(=O)Nc4ccncn4)c(F)c3)C2)cc1C(F)(F)F.O=CO. The number of carboxylic acid groups (broad SMARTS) is 1. The van der Waals surface area contributed by atoms with Crippen LogP contribution in [0.4, 0.5) is 33.5 Å². The molecule has 3 aromatic rings. The van der Waals surface area contributed by atoms with E-state index in [4.69, 9.17) is 9.90 Å². The topological polar surface area (TPSA) is 116 Å². The summed E-state index contributed by atoms with van der Waals surface area (Å²) in [7, 11) is -0.871. The lowest BCUT2D eigenvalue weighted by atomic mass is 9.82. The zero-order valence-electron chi connectivity index (χ0n) is 23.7. The maximum absolute atomic E-state index is 15.1. The van der Waals surface area contributed by atoms with Gasteiger partial charge in [-0.25, -0.2) is 27.2 Å². The van der Waals surface area contributed by atoms with E-state index < -0.39 is 43.8 Å². The van der Waals surface area contributed by atoms with Crippen LogP contribution in [0.5, 0.6) is 0 Å². The van der Waals surface area contributed by atoms with Crippen LogP contribution in [0.2, 0.25) is 0 Å². The molecule has 43 heavy (non-hydrogen) atoms. The van der Waals surface area contributed by atoms with Gasteiger partial charge in [-0.05, 0) is 82.1 Å². The first-order valence-corrected chi connectivity index (χ1v) is 14.6. The van der Waals surface area contributed by atoms with Crippen molar-refractivity contribution in [2.45, 2.75) is 49.2 Å². The monoisotopic (exact) mass is 629 g/mol. The van der Waals surface area contributed by atoms with Crippen LogP contribution in [0.1, 0.15) is 36.0 Å². The molecule has 0 radical (unpaired) electrons. The molecule has 1 aliphatic heterocycles. The van der Waals surface area contributed by atoms with Crippen LogP contribution in [0.25, 0.3) is 0 Å². The van der Waals surface area contributed by atoms with Gasteiger partial charge in [-0.3, -0.25) is 9.52 Å². The van der Waals surface area contributed by atoms with E-state index in [-0.39, 0.29) is 23.5 Å². The summed E-state index contributed by atoms with van der Waals surface area (Å²) in [5.41, 5.74) is -0.266. The van der Waals surface area contributed by atoms with Crippen LogP contribution in [-0.4, -0.2) is 67.6 Å². The Morgan fingerprint density at radius 1 is 1.14 bits per heavy atom. The molecule has 0 amide bonds. The van der Waals surface area contributed by atoms with Crippen molar-refractivity contribution in [1.29, 1.82) is 0 Å². The lowest BCUT2D eigenvalue weighted by Crippen LogP contribution is -2.56. The van der Waals surface area contributed by atoms with Gasteiger partial charge in [0.15, 0.2) is 4.90 Å². The van der Waals surface area contributed by atoms with E-state index in [0.717, 1.165) is 24.9 Å². The molecular weight excluding hydrogens is 597 g/mol. The third kappa shape index (κ3) is 8.16. The summed E-state index contributed by atoms with van der Waals surface area (Å²) in [5.74, 6) is -2.64. The summed E-state index contributed by atoms with van der Waals surface area (Å²) in [6, 6.07) is 7.55. The Kier molecular flexibility index (Phi) is 10.7. The van der Waals surface area contributed by atoms with Crippen molar-refractivity contribution in [2.24, 2.45) is 0 Å². The Bertz CT molecular complexity index is 1500. The first-order chi connectivity index (χ1) is 20.1. The fourth-order valence-corrected chi connectivity index (χ4v) is 6.29. The first kappa shape index (κ1) is 33.6. The van der Waals surface area contributed by atoms with E-state index in [1.54, 1.807) is 11.0 Å². The van der Waals surface area contributed by atoms with Crippen LogP contribution in [0.15, 0.2) is 53.8 Å². The normalized spacial score (nSPS) is 17.3. The summed E-state index contributed by atoms with van der Waals surface area (Å²) >= 11 is 0. The number of piperidine rings is 1. The van der Waals surface area contributed by atoms with Crippen LogP contribution in [0, 0.1) is 18.6 Å². The average molecular weight is 630 g/mol. The Balaban J connectivity index is 0.00000162. The van der Waals surface area contributed by atoms with E-state index in [1.165, 1.54) is 31.3 Å². The number of hydrogen-bond acceptors (Lipinski definition) is 7. The van der Waals surface area contributed by atoms with Crippen molar-refractivity contribution in [3.63, 3.8) is 0 Å². The second-order valence-corrected chi connectivity index (χ2v) is 12.0. The fraction of sp³-hybridized carbons (Fsp3) is 0.393. The molecule has 0 aliphatic carbocycles. The van der Waals surface area contributed by atoms with Crippen LogP contribution in [0.3, 0.4) is 0 Å². The highest BCUT2D eigenvalue weighted by atomic mass is 32.2. The maximum Gasteiger partial charge on any atom is 0.416 e. The molecule has 1 fully saturated rings. The van der Waals surface area contributed by atoms with Crippen molar-refractivity contribution in [1.82, 2.24) is 14.9 Å². The van der Waals surface area contributed by atoms with E-state index in [9.17, 15) is 21.6 Å². The number of sulfonamides is 1. The molecular formula is C28H32F5N5O4S. The molecule has 0 bridgehead atoms. The van der Waals surface area contributed by atoms with Crippen molar-refractivity contribution in [3.05, 3.63) is 77.2 Å². The number of halogens is 5. The largest absolute Gasteiger partial charge is 0.483 e. The van der Waals surface area contributed by atoms with Crippen molar-refractivity contribution in [3.8, 4) is 0 Å². The Morgan fingerprint density at radius 2 is 1.79 bits per heavy atom. The molecule has 4 rings (SSSR count). The second kappa shape index (κ2) is 13.6.